The number of aromatic nitrogens is 1. The number of benzene rings is 2. The Kier molecular flexibility index (Phi) is 7.39. The number of fused-ring (bicyclic) bond motifs is 1. The molecule has 2 aromatic heterocycles. The third kappa shape index (κ3) is 5.12. The highest BCUT2D eigenvalue weighted by atomic mass is 35.5. The third-order valence-corrected chi connectivity index (χ3v) is 7.46. The zero-order valence-electron chi connectivity index (χ0n) is 22.1. The van der Waals surface area contributed by atoms with E-state index in [0.29, 0.717) is 47.5 Å². The molecule has 0 saturated carbocycles. The molecule has 2 aromatic carbocycles. The van der Waals surface area contributed by atoms with E-state index in [9.17, 15) is 9.59 Å². The molecular weight excluding hydrogens is 518 g/mol. The number of carbonyl (C=O) groups excluding carboxylic acids is 2. The van der Waals surface area contributed by atoms with Gasteiger partial charge in [-0.3, -0.25) is 9.59 Å². The van der Waals surface area contributed by atoms with Gasteiger partial charge in [0.05, 0.1) is 32.7 Å². The van der Waals surface area contributed by atoms with Crippen molar-refractivity contribution in [3.8, 4) is 23.0 Å². The predicted octanol–water partition coefficient (Wildman–Crippen LogP) is 5.19. The van der Waals surface area contributed by atoms with E-state index in [0.717, 1.165) is 16.8 Å². The number of furan rings is 1. The van der Waals surface area contributed by atoms with Crippen molar-refractivity contribution in [1.82, 2.24) is 14.8 Å². The normalized spacial score (nSPS) is 16.6. The number of rotatable bonds is 9. The lowest BCUT2D eigenvalue weighted by Crippen LogP contribution is -2.64. The maximum atomic E-state index is 13.9. The SMILES string of the molecule is COc1ccc(CCN2C(=O)c3ccc(-c4ccco4)n3C[C@]2(C)C(=O)NCc2ccc(Cl)cc2)cc1OC. The summed E-state index contributed by atoms with van der Waals surface area (Å²) in [7, 11) is 3.17. The molecule has 1 atom stereocenters. The zero-order valence-corrected chi connectivity index (χ0v) is 22.8. The first-order valence-electron chi connectivity index (χ1n) is 12.6. The Bertz CT molecular complexity index is 1480. The van der Waals surface area contributed by atoms with E-state index in [1.165, 1.54) is 0 Å². The van der Waals surface area contributed by atoms with E-state index in [4.69, 9.17) is 25.5 Å². The summed E-state index contributed by atoms with van der Waals surface area (Å²) < 4.78 is 18.3. The number of methoxy groups -OCH3 is 2. The Morgan fingerprint density at radius 3 is 2.41 bits per heavy atom. The molecule has 3 heterocycles. The van der Waals surface area contributed by atoms with Crippen molar-refractivity contribution in [2.24, 2.45) is 0 Å². The number of ether oxygens (including phenoxy) is 2. The molecule has 0 bridgehead atoms. The van der Waals surface area contributed by atoms with Crippen molar-refractivity contribution >= 4 is 23.4 Å². The van der Waals surface area contributed by atoms with E-state index in [2.05, 4.69) is 5.32 Å². The Hall–Kier alpha value is -4.17. The summed E-state index contributed by atoms with van der Waals surface area (Å²) in [6.07, 6.45) is 2.12. The number of halogens is 1. The Morgan fingerprint density at radius 2 is 1.72 bits per heavy atom. The van der Waals surface area contributed by atoms with Crippen LogP contribution in [0.5, 0.6) is 11.5 Å². The molecule has 2 amide bonds. The van der Waals surface area contributed by atoms with Crippen molar-refractivity contribution in [2.75, 3.05) is 20.8 Å². The van der Waals surface area contributed by atoms with Crippen molar-refractivity contribution < 1.29 is 23.5 Å². The minimum Gasteiger partial charge on any atom is -0.493 e. The Labute approximate surface area is 232 Å². The molecule has 8 nitrogen and oxygen atoms in total. The van der Waals surface area contributed by atoms with E-state index in [1.807, 2.05) is 54.0 Å². The second-order valence-corrected chi connectivity index (χ2v) is 10.1. The molecule has 1 N–H and O–H groups in total. The van der Waals surface area contributed by atoms with Gasteiger partial charge in [0.25, 0.3) is 5.91 Å². The Morgan fingerprint density at radius 1 is 1.00 bits per heavy atom. The quantitative estimate of drug-likeness (QED) is 0.311. The molecule has 39 heavy (non-hydrogen) atoms. The summed E-state index contributed by atoms with van der Waals surface area (Å²) in [6, 6.07) is 20.2. The molecule has 0 unspecified atom stereocenters. The molecule has 1 aliphatic rings. The fraction of sp³-hybridized carbons (Fsp3) is 0.267. The highest BCUT2D eigenvalue weighted by Crippen LogP contribution is 2.34. The largest absolute Gasteiger partial charge is 0.493 e. The number of hydrogen-bond donors (Lipinski definition) is 1. The minimum atomic E-state index is -1.16. The first kappa shape index (κ1) is 26.4. The van der Waals surface area contributed by atoms with Gasteiger partial charge in [-0.15, -0.1) is 0 Å². The standard InChI is InChI=1S/C30H30ClN3O5/c1-30(29(36)32-18-21-6-9-22(31)10-7-21)19-33-23(25-5-4-16-39-25)11-12-24(33)28(35)34(30)15-14-20-8-13-26(37-2)27(17-20)38-3/h4-13,16-17H,14-15,18-19H2,1-3H3,(H,32,36)/t30-/m1/s1. The first-order valence-corrected chi connectivity index (χ1v) is 13.0. The van der Waals surface area contributed by atoms with E-state index in [1.54, 1.807) is 49.6 Å². The average molecular weight is 548 g/mol. The third-order valence-electron chi connectivity index (χ3n) is 7.21. The van der Waals surface area contributed by atoms with Gasteiger partial charge in [0.15, 0.2) is 11.5 Å². The van der Waals surface area contributed by atoms with Crippen LogP contribution in [0.25, 0.3) is 11.5 Å². The highest BCUT2D eigenvalue weighted by Gasteiger charge is 2.47. The second kappa shape index (κ2) is 10.9. The molecule has 0 spiro atoms. The molecule has 0 aliphatic carbocycles. The number of carbonyl (C=O) groups is 2. The van der Waals surface area contributed by atoms with Crippen LogP contribution < -0.4 is 14.8 Å². The number of nitrogens with one attached hydrogen (secondary N) is 1. The van der Waals surface area contributed by atoms with E-state index in [-0.39, 0.29) is 18.4 Å². The van der Waals surface area contributed by atoms with Crippen LogP contribution in [0, 0.1) is 0 Å². The number of hydrogen-bond acceptors (Lipinski definition) is 5. The monoisotopic (exact) mass is 547 g/mol. The van der Waals surface area contributed by atoms with Gasteiger partial charge < -0.3 is 28.7 Å². The average Bonchev–Trinajstić information content (AvgIpc) is 3.62. The maximum absolute atomic E-state index is 13.9. The zero-order chi connectivity index (χ0) is 27.6. The van der Waals surface area contributed by atoms with Crippen LogP contribution in [0.4, 0.5) is 0 Å². The van der Waals surface area contributed by atoms with Gasteiger partial charge in [0, 0.05) is 18.1 Å². The fourth-order valence-corrected chi connectivity index (χ4v) is 5.14. The van der Waals surface area contributed by atoms with E-state index < -0.39 is 5.54 Å². The van der Waals surface area contributed by atoms with Crippen LogP contribution >= 0.6 is 11.6 Å². The number of amides is 2. The van der Waals surface area contributed by atoms with Crippen molar-refractivity contribution in [3.05, 3.63) is 94.8 Å². The van der Waals surface area contributed by atoms with Crippen LogP contribution in [0.1, 0.15) is 28.5 Å². The Balaban J connectivity index is 1.45. The lowest BCUT2D eigenvalue weighted by molar-refractivity contribution is -0.133. The molecule has 202 valence electrons. The summed E-state index contributed by atoms with van der Waals surface area (Å²) >= 11 is 6.01. The van der Waals surface area contributed by atoms with Gasteiger partial charge in [-0.1, -0.05) is 29.8 Å². The summed E-state index contributed by atoms with van der Waals surface area (Å²) in [5.74, 6) is 1.41. The highest BCUT2D eigenvalue weighted by molar-refractivity contribution is 6.30. The smallest absolute Gasteiger partial charge is 0.271 e. The van der Waals surface area contributed by atoms with Gasteiger partial charge in [-0.2, -0.15) is 0 Å². The molecule has 0 radical (unpaired) electrons. The molecule has 0 saturated heterocycles. The molecule has 4 aromatic rings. The predicted molar refractivity (Wildman–Crippen MR) is 148 cm³/mol. The summed E-state index contributed by atoms with van der Waals surface area (Å²) in [4.78, 5) is 29.4. The van der Waals surface area contributed by atoms with Crippen LogP contribution in [0.2, 0.25) is 5.02 Å². The maximum Gasteiger partial charge on any atom is 0.271 e. The lowest BCUT2D eigenvalue weighted by atomic mass is 9.93. The summed E-state index contributed by atoms with van der Waals surface area (Å²) in [5, 5.41) is 3.67. The molecular formula is C30H30ClN3O5. The minimum absolute atomic E-state index is 0.219. The van der Waals surface area contributed by atoms with Crippen molar-refractivity contribution in [1.29, 1.82) is 0 Å². The lowest BCUT2D eigenvalue weighted by Gasteiger charge is -2.44. The topological polar surface area (TPSA) is 85.9 Å². The first-order chi connectivity index (χ1) is 18.8. The molecule has 9 heteroatoms. The molecule has 1 aliphatic heterocycles. The van der Waals surface area contributed by atoms with Crippen LogP contribution in [-0.2, 0) is 24.3 Å². The summed E-state index contributed by atoms with van der Waals surface area (Å²) in [6.45, 7) is 2.73. The molecule has 5 rings (SSSR count). The fourth-order valence-electron chi connectivity index (χ4n) is 5.01. The van der Waals surface area contributed by atoms with Gasteiger partial charge in [-0.25, -0.2) is 0 Å². The van der Waals surface area contributed by atoms with Gasteiger partial charge in [-0.05, 0) is 73.0 Å². The summed E-state index contributed by atoms with van der Waals surface area (Å²) in [5.41, 5.74) is 1.97. The molecule has 0 fully saturated rings. The van der Waals surface area contributed by atoms with Crippen molar-refractivity contribution in [3.63, 3.8) is 0 Å². The van der Waals surface area contributed by atoms with Gasteiger partial charge in [0.1, 0.15) is 17.0 Å². The number of nitrogens with zero attached hydrogens (tertiary/aromatic N) is 2. The second-order valence-electron chi connectivity index (χ2n) is 9.65. The van der Waals surface area contributed by atoms with Gasteiger partial charge >= 0.3 is 0 Å². The van der Waals surface area contributed by atoms with Crippen LogP contribution in [0.3, 0.4) is 0 Å². The van der Waals surface area contributed by atoms with Crippen molar-refractivity contribution in [2.45, 2.75) is 32.0 Å². The van der Waals surface area contributed by atoms with Crippen LogP contribution in [0.15, 0.2) is 77.4 Å². The van der Waals surface area contributed by atoms with Gasteiger partial charge in [0.2, 0.25) is 5.91 Å². The van der Waals surface area contributed by atoms with E-state index >= 15 is 0 Å². The van der Waals surface area contributed by atoms with Crippen LogP contribution in [-0.4, -0.2) is 47.6 Å².